The molecule has 0 bridgehead atoms. The first-order valence-electron chi connectivity index (χ1n) is 9.56. The van der Waals surface area contributed by atoms with Crippen molar-refractivity contribution in [3.05, 3.63) is 52.0 Å². The van der Waals surface area contributed by atoms with Crippen molar-refractivity contribution >= 4 is 23.2 Å². The van der Waals surface area contributed by atoms with Gasteiger partial charge in [0.15, 0.2) is 11.5 Å². The summed E-state index contributed by atoms with van der Waals surface area (Å²) in [4.78, 5) is 12.9. The number of ether oxygens (including phenoxy) is 2. The zero-order valence-electron chi connectivity index (χ0n) is 16.5. The summed E-state index contributed by atoms with van der Waals surface area (Å²) in [5.74, 6) is 0.763. The number of hydrogen-bond donors (Lipinski definition) is 1. The maximum absolute atomic E-state index is 12.9. The summed E-state index contributed by atoms with van der Waals surface area (Å²) in [5, 5.41) is 3.44. The normalized spacial score (nSPS) is 10.6. The third kappa shape index (κ3) is 5.16. The number of carbonyl (C=O) groups is 1. The Bertz CT molecular complexity index is 767. The van der Waals surface area contributed by atoms with Gasteiger partial charge in [-0.3, -0.25) is 4.79 Å². The third-order valence-corrected chi connectivity index (χ3v) is 4.54. The molecule has 2 rings (SSSR count). The van der Waals surface area contributed by atoms with Crippen LogP contribution in [0.1, 0.15) is 55.6 Å². The Morgan fingerprint density at radius 3 is 2.26 bits per heavy atom. The van der Waals surface area contributed by atoms with Gasteiger partial charge >= 0.3 is 0 Å². The summed E-state index contributed by atoms with van der Waals surface area (Å²) in [6.07, 6.45) is 2.55. The maximum atomic E-state index is 12.9. The van der Waals surface area contributed by atoms with E-state index in [1.807, 2.05) is 32.0 Å². The van der Waals surface area contributed by atoms with Gasteiger partial charge in [0, 0.05) is 11.3 Å². The van der Waals surface area contributed by atoms with Gasteiger partial charge in [-0.2, -0.15) is 0 Å². The van der Waals surface area contributed by atoms with E-state index in [0.717, 1.165) is 36.1 Å². The van der Waals surface area contributed by atoms with E-state index in [1.165, 1.54) is 0 Å². The second-order valence-electron chi connectivity index (χ2n) is 6.18. The molecular weight excluding hydrogens is 362 g/mol. The lowest BCUT2D eigenvalue weighted by Crippen LogP contribution is -2.15. The zero-order chi connectivity index (χ0) is 19.8. The molecule has 2 aromatic rings. The molecule has 0 aliphatic heterocycles. The standard InChI is InChI=1S/C22H28ClNO3/c1-5-12-27-21-18(23)13-17(14-19(21)26-8-4)22(25)24-20-15(6-2)10-9-11-16(20)7-3/h9-11,13-14H,5-8,12H2,1-4H3,(H,24,25). The van der Waals surface area contributed by atoms with Gasteiger partial charge in [-0.15, -0.1) is 0 Å². The van der Waals surface area contributed by atoms with E-state index < -0.39 is 0 Å². The summed E-state index contributed by atoms with van der Waals surface area (Å²) < 4.78 is 11.4. The fourth-order valence-electron chi connectivity index (χ4n) is 2.90. The minimum atomic E-state index is -0.213. The minimum Gasteiger partial charge on any atom is -0.490 e. The van der Waals surface area contributed by atoms with E-state index in [9.17, 15) is 4.79 Å². The number of nitrogens with one attached hydrogen (secondary N) is 1. The second kappa shape index (κ2) is 10.2. The Morgan fingerprint density at radius 1 is 1.04 bits per heavy atom. The number of carbonyl (C=O) groups excluding carboxylic acids is 1. The molecule has 4 nitrogen and oxygen atoms in total. The van der Waals surface area contributed by atoms with Gasteiger partial charge < -0.3 is 14.8 Å². The number of hydrogen-bond acceptors (Lipinski definition) is 3. The third-order valence-electron chi connectivity index (χ3n) is 4.26. The van der Waals surface area contributed by atoms with Crippen molar-refractivity contribution in [1.82, 2.24) is 0 Å². The van der Waals surface area contributed by atoms with Crippen LogP contribution in [0.4, 0.5) is 5.69 Å². The van der Waals surface area contributed by atoms with Crippen LogP contribution < -0.4 is 14.8 Å². The molecule has 0 saturated heterocycles. The van der Waals surface area contributed by atoms with Crippen LogP contribution in [0.2, 0.25) is 5.02 Å². The molecule has 1 amide bonds. The Balaban J connectivity index is 2.37. The summed E-state index contributed by atoms with van der Waals surface area (Å²) in [6, 6.07) is 9.42. The highest BCUT2D eigenvalue weighted by Crippen LogP contribution is 2.37. The fraction of sp³-hybridized carbons (Fsp3) is 0.409. The summed E-state index contributed by atoms with van der Waals surface area (Å²) in [5.41, 5.74) is 3.55. The van der Waals surface area contributed by atoms with Gasteiger partial charge in [-0.05, 0) is 49.4 Å². The number of para-hydroxylation sites is 1. The lowest BCUT2D eigenvalue weighted by Gasteiger charge is -2.17. The van der Waals surface area contributed by atoms with Crippen LogP contribution in [0.3, 0.4) is 0 Å². The van der Waals surface area contributed by atoms with Crippen molar-refractivity contribution in [2.75, 3.05) is 18.5 Å². The molecule has 0 saturated carbocycles. The quantitative estimate of drug-likeness (QED) is 0.580. The average molecular weight is 390 g/mol. The lowest BCUT2D eigenvalue weighted by molar-refractivity contribution is 0.102. The monoisotopic (exact) mass is 389 g/mol. The van der Waals surface area contributed by atoms with Crippen LogP contribution in [0.15, 0.2) is 30.3 Å². The first kappa shape index (κ1) is 21.1. The zero-order valence-corrected chi connectivity index (χ0v) is 17.3. The van der Waals surface area contributed by atoms with E-state index in [-0.39, 0.29) is 5.91 Å². The van der Waals surface area contributed by atoms with Crippen LogP contribution in [0, 0.1) is 0 Å². The lowest BCUT2D eigenvalue weighted by atomic mass is 10.0. The van der Waals surface area contributed by atoms with Crippen LogP contribution in [0.25, 0.3) is 0 Å². The summed E-state index contributed by atoms with van der Waals surface area (Å²) in [7, 11) is 0. The topological polar surface area (TPSA) is 47.6 Å². The highest BCUT2D eigenvalue weighted by Gasteiger charge is 2.18. The molecule has 0 radical (unpaired) electrons. The molecule has 0 heterocycles. The highest BCUT2D eigenvalue weighted by molar-refractivity contribution is 6.32. The SMILES string of the molecule is CCCOc1c(Cl)cc(C(=O)Nc2c(CC)cccc2CC)cc1OCC. The van der Waals surface area contributed by atoms with Gasteiger partial charge in [0.05, 0.1) is 18.2 Å². The van der Waals surface area contributed by atoms with Crippen molar-refractivity contribution in [3.8, 4) is 11.5 Å². The van der Waals surface area contributed by atoms with Crippen molar-refractivity contribution in [1.29, 1.82) is 0 Å². The Morgan fingerprint density at radius 2 is 1.70 bits per heavy atom. The Kier molecular flexibility index (Phi) is 7.99. The molecular formula is C22H28ClNO3. The molecule has 146 valence electrons. The van der Waals surface area contributed by atoms with Gasteiger partial charge in [0.2, 0.25) is 0 Å². The molecule has 0 aromatic heterocycles. The predicted molar refractivity (Wildman–Crippen MR) is 112 cm³/mol. The van der Waals surface area contributed by atoms with Gasteiger partial charge in [0.25, 0.3) is 5.91 Å². The Labute approximate surface area is 166 Å². The summed E-state index contributed by atoms with van der Waals surface area (Å²) in [6.45, 7) is 9.06. The number of benzene rings is 2. The van der Waals surface area contributed by atoms with E-state index in [2.05, 4.69) is 19.2 Å². The molecule has 0 spiro atoms. The van der Waals surface area contributed by atoms with E-state index in [0.29, 0.717) is 35.3 Å². The largest absolute Gasteiger partial charge is 0.490 e. The van der Waals surface area contributed by atoms with E-state index >= 15 is 0 Å². The number of aryl methyl sites for hydroxylation is 2. The van der Waals surface area contributed by atoms with Crippen LogP contribution >= 0.6 is 11.6 Å². The van der Waals surface area contributed by atoms with Crippen LogP contribution in [0.5, 0.6) is 11.5 Å². The van der Waals surface area contributed by atoms with E-state index in [4.69, 9.17) is 21.1 Å². The van der Waals surface area contributed by atoms with Gasteiger partial charge in [-0.25, -0.2) is 0 Å². The highest BCUT2D eigenvalue weighted by atomic mass is 35.5. The molecule has 0 fully saturated rings. The van der Waals surface area contributed by atoms with Crippen LogP contribution in [-0.4, -0.2) is 19.1 Å². The summed E-state index contributed by atoms with van der Waals surface area (Å²) >= 11 is 6.39. The van der Waals surface area contributed by atoms with Crippen molar-refractivity contribution in [2.24, 2.45) is 0 Å². The number of rotatable bonds is 9. The molecule has 0 unspecified atom stereocenters. The van der Waals surface area contributed by atoms with Crippen molar-refractivity contribution < 1.29 is 14.3 Å². The molecule has 5 heteroatoms. The first-order valence-corrected chi connectivity index (χ1v) is 9.94. The molecule has 27 heavy (non-hydrogen) atoms. The smallest absolute Gasteiger partial charge is 0.255 e. The van der Waals surface area contributed by atoms with Gasteiger partial charge in [-0.1, -0.05) is 50.6 Å². The van der Waals surface area contributed by atoms with Gasteiger partial charge in [0.1, 0.15) is 0 Å². The molecule has 1 N–H and O–H groups in total. The fourth-order valence-corrected chi connectivity index (χ4v) is 3.16. The number of amides is 1. The number of halogens is 1. The molecule has 2 aromatic carbocycles. The maximum Gasteiger partial charge on any atom is 0.255 e. The van der Waals surface area contributed by atoms with Crippen LogP contribution in [-0.2, 0) is 12.8 Å². The minimum absolute atomic E-state index is 0.213. The molecule has 0 atom stereocenters. The second-order valence-corrected chi connectivity index (χ2v) is 6.59. The number of anilines is 1. The predicted octanol–water partition coefficient (Wildman–Crippen LogP) is 5.90. The first-order chi connectivity index (χ1) is 13.0. The van der Waals surface area contributed by atoms with E-state index in [1.54, 1.807) is 12.1 Å². The average Bonchev–Trinajstić information content (AvgIpc) is 2.67. The molecule has 0 aliphatic carbocycles. The van der Waals surface area contributed by atoms with Crippen molar-refractivity contribution in [3.63, 3.8) is 0 Å². The Hall–Kier alpha value is -2.20. The molecule has 0 aliphatic rings. The van der Waals surface area contributed by atoms with Crippen molar-refractivity contribution in [2.45, 2.75) is 47.0 Å².